The van der Waals surface area contributed by atoms with Crippen molar-refractivity contribution in [2.24, 2.45) is 4.99 Å². The Hall–Kier alpha value is -2.15. The van der Waals surface area contributed by atoms with Crippen LogP contribution < -0.4 is 10.6 Å². The Labute approximate surface area is 148 Å². The molecule has 0 atom stereocenters. The summed E-state index contributed by atoms with van der Waals surface area (Å²) in [4.78, 5) is 18.0. The second-order valence-electron chi connectivity index (χ2n) is 6.04. The summed E-state index contributed by atoms with van der Waals surface area (Å²) in [6.45, 7) is 5.16. The number of aliphatic hydroxyl groups is 1. The molecule has 1 fully saturated rings. The van der Waals surface area contributed by atoms with E-state index >= 15 is 0 Å². The first-order chi connectivity index (χ1) is 12.1. The number of amides is 1. The third-order valence-corrected chi connectivity index (χ3v) is 4.11. The Kier molecular flexibility index (Phi) is 7.66. The van der Waals surface area contributed by atoms with Gasteiger partial charge in [-0.05, 0) is 37.5 Å². The fraction of sp³-hybridized carbons (Fsp3) is 0.556. The molecule has 0 aromatic heterocycles. The quantitative estimate of drug-likeness (QED) is 0.376. The maximum Gasteiger partial charge on any atom is 0.222 e. The molecule has 0 unspecified atom stereocenters. The molecule has 0 aliphatic carbocycles. The van der Waals surface area contributed by atoms with Gasteiger partial charge in [-0.2, -0.15) is 0 Å². The minimum atomic E-state index is -0.406. The molecular formula is C18H27FN4O2. The predicted molar refractivity (Wildman–Crippen MR) is 95.6 cm³/mol. The molecule has 0 spiro atoms. The second-order valence-corrected chi connectivity index (χ2v) is 6.04. The maximum absolute atomic E-state index is 13.4. The summed E-state index contributed by atoms with van der Waals surface area (Å²) < 4.78 is 13.4. The normalized spacial score (nSPS) is 14.9. The number of hydrogen-bond donors (Lipinski definition) is 3. The number of likely N-dealkylation sites (tertiary alicyclic amines) is 1. The summed E-state index contributed by atoms with van der Waals surface area (Å²) in [6, 6.07) is 4.64. The average molecular weight is 350 g/mol. The Morgan fingerprint density at radius 3 is 2.92 bits per heavy atom. The molecule has 1 aliphatic heterocycles. The van der Waals surface area contributed by atoms with Gasteiger partial charge in [0.25, 0.3) is 0 Å². The highest BCUT2D eigenvalue weighted by Gasteiger charge is 2.18. The molecule has 3 N–H and O–H groups in total. The van der Waals surface area contributed by atoms with Crippen molar-refractivity contribution in [1.82, 2.24) is 15.5 Å². The van der Waals surface area contributed by atoms with Crippen LogP contribution in [0.25, 0.3) is 0 Å². The van der Waals surface area contributed by atoms with Crippen LogP contribution in [0.5, 0.6) is 0 Å². The van der Waals surface area contributed by atoms with Gasteiger partial charge in [-0.25, -0.2) is 9.38 Å². The molecule has 1 aromatic carbocycles. The molecule has 138 valence electrons. The number of guanidine groups is 1. The number of nitrogens with zero attached hydrogens (tertiary/aromatic N) is 2. The zero-order chi connectivity index (χ0) is 18.1. The van der Waals surface area contributed by atoms with E-state index in [-0.39, 0.29) is 18.1 Å². The number of benzene rings is 1. The van der Waals surface area contributed by atoms with Crippen LogP contribution in [-0.2, 0) is 17.9 Å². The number of carbonyl (C=O) groups is 1. The molecule has 0 saturated carbocycles. The first-order valence-electron chi connectivity index (χ1n) is 8.82. The smallest absolute Gasteiger partial charge is 0.222 e. The number of aliphatic imine (C=N–C) groups is 1. The second kappa shape index (κ2) is 9.98. The molecule has 7 heteroatoms. The van der Waals surface area contributed by atoms with Gasteiger partial charge in [0.05, 0.1) is 13.2 Å². The van der Waals surface area contributed by atoms with Crippen LogP contribution in [0, 0.1) is 5.82 Å². The highest BCUT2D eigenvalue weighted by molar-refractivity contribution is 5.79. The Morgan fingerprint density at radius 2 is 2.24 bits per heavy atom. The summed E-state index contributed by atoms with van der Waals surface area (Å²) >= 11 is 0. The molecule has 6 nitrogen and oxygen atoms in total. The Bertz CT molecular complexity index is 607. The highest BCUT2D eigenvalue weighted by atomic mass is 19.1. The minimum absolute atomic E-state index is 0.247. The third kappa shape index (κ3) is 6.01. The van der Waals surface area contributed by atoms with E-state index in [1.807, 2.05) is 11.8 Å². The van der Waals surface area contributed by atoms with E-state index in [2.05, 4.69) is 15.6 Å². The molecule has 0 bridgehead atoms. The van der Waals surface area contributed by atoms with Crippen molar-refractivity contribution >= 4 is 11.9 Å². The number of halogens is 1. The van der Waals surface area contributed by atoms with E-state index in [0.717, 1.165) is 44.6 Å². The average Bonchev–Trinajstić information content (AvgIpc) is 3.02. The first-order valence-corrected chi connectivity index (χ1v) is 8.82. The Morgan fingerprint density at radius 1 is 1.40 bits per heavy atom. The van der Waals surface area contributed by atoms with Crippen LogP contribution >= 0.6 is 0 Å². The van der Waals surface area contributed by atoms with E-state index in [1.54, 1.807) is 12.1 Å². The van der Waals surface area contributed by atoms with Crippen LogP contribution in [0.4, 0.5) is 4.39 Å². The van der Waals surface area contributed by atoms with E-state index in [9.17, 15) is 9.18 Å². The molecule has 1 saturated heterocycles. The molecule has 1 heterocycles. The van der Waals surface area contributed by atoms with Gasteiger partial charge >= 0.3 is 0 Å². The zero-order valence-corrected chi connectivity index (χ0v) is 14.7. The number of carbonyl (C=O) groups excluding carboxylic acids is 1. The van der Waals surface area contributed by atoms with Crippen molar-refractivity contribution in [3.8, 4) is 0 Å². The van der Waals surface area contributed by atoms with E-state index in [4.69, 9.17) is 5.11 Å². The maximum atomic E-state index is 13.4. The minimum Gasteiger partial charge on any atom is -0.392 e. The van der Waals surface area contributed by atoms with Crippen LogP contribution in [0.15, 0.2) is 23.2 Å². The molecular weight excluding hydrogens is 323 g/mol. The summed E-state index contributed by atoms with van der Waals surface area (Å²) in [6.07, 6.45) is 2.50. The van der Waals surface area contributed by atoms with Crippen LogP contribution in [0.3, 0.4) is 0 Å². The van der Waals surface area contributed by atoms with Gasteiger partial charge in [0.15, 0.2) is 5.96 Å². The topological polar surface area (TPSA) is 77.0 Å². The lowest BCUT2D eigenvalue weighted by molar-refractivity contribution is -0.127. The van der Waals surface area contributed by atoms with Gasteiger partial charge < -0.3 is 20.6 Å². The largest absolute Gasteiger partial charge is 0.392 e. The summed E-state index contributed by atoms with van der Waals surface area (Å²) in [5.41, 5.74) is 1.12. The molecule has 1 aromatic rings. The summed E-state index contributed by atoms with van der Waals surface area (Å²) in [5.74, 6) is 0.526. The van der Waals surface area contributed by atoms with Crippen LogP contribution in [-0.4, -0.2) is 48.1 Å². The van der Waals surface area contributed by atoms with Crippen molar-refractivity contribution < 1.29 is 14.3 Å². The zero-order valence-electron chi connectivity index (χ0n) is 14.7. The fourth-order valence-corrected chi connectivity index (χ4v) is 2.78. The van der Waals surface area contributed by atoms with Crippen LogP contribution in [0.1, 0.15) is 37.3 Å². The third-order valence-electron chi connectivity index (χ3n) is 4.11. The monoisotopic (exact) mass is 350 g/mol. The summed E-state index contributed by atoms with van der Waals surface area (Å²) in [5, 5.41) is 15.5. The molecule has 0 radical (unpaired) electrons. The van der Waals surface area contributed by atoms with Gasteiger partial charge in [-0.3, -0.25) is 4.79 Å². The van der Waals surface area contributed by atoms with E-state index in [0.29, 0.717) is 18.9 Å². The SMILES string of the molecule is CCNC(=NCc1ccc(F)c(CO)c1)NCCCN1CCCC1=O. The number of hydrogen-bond acceptors (Lipinski definition) is 3. The fourth-order valence-electron chi connectivity index (χ4n) is 2.78. The standard InChI is InChI=1S/C18H27FN4O2/c1-2-20-18(21-8-4-10-23-9-3-5-17(23)25)22-12-14-6-7-16(19)15(11-14)13-24/h6-7,11,24H,2-5,8-10,12-13H2,1H3,(H2,20,21,22). The van der Waals surface area contributed by atoms with E-state index < -0.39 is 5.82 Å². The number of rotatable bonds is 8. The Balaban J connectivity index is 1.82. The summed E-state index contributed by atoms with van der Waals surface area (Å²) in [7, 11) is 0. The van der Waals surface area contributed by atoms with E-state index in [1.165, 1.54) is 6.07 Å². The van der Waals surface area contributed by atoms with Gasteiger partial charge in [0.2, 0.25) is 5.91 Å². The number of aliphatic hydroxyl groups excluding tert-OH is 1. The van der Waals surface area contributed by atoms with Crippen LogP contribution in [0.2, 0.25) is 0 Å². The van der Waals surface area contributed by atoms with Gasteiger partial charge in [0, 0.05) is 38.2 Å². The number of nitrogens with one attached hydrogen (secondary N) is 2. The van der Waals surface area contributed by atoms with Crippen molar-refractivity contribution in [3.05, 3.63) is 35.1 Å². The lowest BCUT2D eigenvalue weighted by Crippen LogP contribution is -2.39. The van der Waals surface area contributed by atoms with Crippen molar-refractivity contribution in [2.75, 3.05) is 26.2 Å². The molecule has 1 aliphatic rings. The highest BCUT2D eigenvalue weighted by Crippen LogP contribution is 2.11. The van der Waals surface area contributed by atoms with Gasteiger partial charge in [-0.15, -0.1) is 0 Å². The van der Waals surface area contributed by atoms with Crippen molar-refractivity contribution in [3.63, 3.8) is 0 Å². The van der Waals surface area contributed by atoms with Gasteiger partial charge in [-0.1, -0.05) is 6.07 Å². The first kappa shape index (κ1) is 19.2. The molecule has 1 amide bonds. The molecule has 2 rings (SSSR count). The predicted octanol–water partition coefficient (Wildman–Crippen LogP) is 1.39. The molecule has 25 heavy (non-hydrogen) atoms. The lowest BCUT2D eigenvalue weighted by atomic mass is 10.1. The lowest BCUT2D eigenvalue weighted by Gasteiger charge is -2.16. The van der Waals surface area contributed by atoms with Crippen molar-refractivity contribution in [2.45, 2.75) is 39.3 Å². The van der Waals surface area contributed by atoms with Gasteiger partial charge in [0.1, 0.15) is 5.82 Å². The van der Waals surface area contributed by atoms with Crippen molar-refractivity contribution in [1.29, 1.82) is 0 Å².